The maximum atomic E-state index is 12.2. The van der Waals surface area contributed by atoms with Crippen molar-refractivity contribution in [2.75, 3.05) is 0 Å². The molecule has 1 aromatic rings. The maximum absolute atomic E-state index is 12.2. The lowest BCUT2D eigenvalue weighted by atomic mass is 9.99. The molecule has 108 valence electrons. The zero-order chi connectivity index (χ0) is 13.8. The molecule has 3 heteroatoms. The average molecular weight is 272 g/mol. The zero-order valence-electron chi connectivity index (χ0n) is 12.1. The Morgan fingerprint density at radius 1 is 1.10 bits per heavy atom. The van der Waals surface area contributed by atoms with E-state index in [1.54, 1.807) is 0 Å². The van der Waals surface area contributed by atoms with Crippen molar-refractivity contribution in [2.24, 2.45) is 5.92 Å². The van der Waals surface area contributed by atoms with Crippen molar-refractivity contribution in [3.8, 4) is 0 Å². The smallest absolute Gasteiger partial charge is 0.223 e. The van der Waals surface area contributed by atoms with Crippen LogP contribution in [0.5, 0.6) is 0 Å². The van der Waals surface area contributed by atoms with E-state index in [-0.39, 0.29) is 11.8 Å². The molecule has 0 saturated heterocycles. The molecule has 0 unspecified atom stereocenters. The van der Waals surface area contributed by atoms with E-state index in [4.69, 9.17) is 0 Å². The lowest BCUT2D eigenvalue weighted by Crippen LogP contribution is -2.30. The van der Waals surface area contributed by atoms with Crippen molar-refractivity contribution in [1.29, 1.82) is 0 Å². The molecular formula is C17H24N2O. The topological polar surface area (TPSA) is 41.1 Å². The third kappa shape index (κ3) is 3.21. The van der Waals surface area contributed by atoms with E-state index in [1.165, 1.54) is 42.4 Å². The van der Waals surface area contributed by atoms with Gasteiger partial charge in [-0.2, -0.15) is 0 Å². The molecular weight excluding hydrogens is 248 g/mol. The zero-order valence-corrected chi connectivity index (χ0v) is 12.1. The lowest BCUT2D eigenvalue weighted by Gasteiger charge is -2.14. The summed E-state index contributed by atoms with van der Waals surface area (Å²) in [4.78, 5) is 12.2. The minimum atomic E-state index is 0.244. The number of carbonyl (C=O) groups is 1. The van der Waals surface area contributed by atoms with Crippen LogP contribution in [0.2, 0.25) is 0 Å². The number of hydrogen-bond acceptors (Lipinski definition) is 2. The molecule has 0 atom stereocenters. The molecule has 1 amide bonds. The summed E-state index contributed by atoms with van der Waals surface area (Å²) in [6.45, 7) is 2.60. The monoisotopic (exact) mass is 272 g/mol. The third-order valence-electron chi connectivity index (χ3n) is 4.59. The number of carbonyl (C=O) groups excluding carboxylic acids is 1. The van der Waals surface area contributed by atoms with Crippen LogP contribution in [0.15, 0.2) is 18.2 Å². The highest BCUT2D eigenvalue weighted by molar-refractivity contribution is 5.78. The minimum absolute atomic E-state index is 0.244. The van der Waals surface area contributed by atoms with Gasteiger partial charge in [0.05, 0.1) is 0 Å². The Kier molecular flexibility index (Phi) is 4.36. The Balaban J connectivity index is 1.54. The predicted octanol–water partition coefficient (Wildman–Crippen LogP) is 2.88. The van der Waals surface area contributed by atoms with E-state index >= 15 is 0 Å². The van der Waals surface area contributed by atoms with Crippen molar-refractivity contribution >= 4 is 5.91 Å². The highest BCUT2D eigenvalue weighted by Gasteiger charge is 2.19. The SMILES string of the molecule is O=C(NCc1ccc2c(c1)CNC2)C1CCCCCC1. The first kappa shape index (κ1) is 13.6. The van der Waals surface area contributed by atoms with Gasteiger partial charge in [-0.3, -0.25) is 4.79 Å². The second-order valence-corrected chi connectivity index (χ2v) is 6.11. The van der Waals surface area contributed by atoms with Crippen LogP contribution in [0, 0.1) is 5.92 Å². The van der Waals surface area contributed by atoms with Gasteiger partial charge in [0.2, 0.25) is 5.91 Å². The molecule has 1 aliphatic carbocycles. The van der Waals surface area contributed by atoms with Gasteiger partial charge in [0.25, 0.3) is 0 Å². The normalized spacial score (nSPS) is 19.4. The Hall–Kier alpha value is -1.35. The fraction of sp³-hybridized carbons (Fsp3) is 0.588. The summed E-state index contributed by atoms with van der Waals surface area (Å²) in [5, 5.41) is 6.48. The summed E-state index contributed by atoms with van der Waals surface area (Å²) in [6.07, 6.45) is 7.15. The maximum Gasteiger partial charge on any atom is 0.223 e. The number of rotatable bonds is 3. The molecule has 0 bridgehead atoms. The quantitative estimate of drug-likeness (QED) is 0.831. The molecule has 1 fully saturated rings. The van der Waals surface area contributed by atoms with Crippen molar-refractivity contribution < 1.29 is 4.79 Å². The highest BCUT2D eigenvalue weighted by atomic mass is 16.1. The fourth-order valence-corrected chi connectivity index (χ4v) is 3.33. The van der Waals surface area contributed by atoms with Crippen LogP contribution < -0.4 is 10.6 Å². The van der Waals surface area contributed by atoms with Gasteiger partial charge in [0.15, 0.2) is 0 Å². The molecule has 0 aromatic heterocycles. The molecule has 1 aliphatic heterocycles. The van der Waals surface area contributed by atoms with Gasteiger partial charge < -0.3 is 10.6 Å². The highest BCUT2D eigenvalue weighted by Crippen LogP contribution is 2.23. The second kappa shape index (κ2) is 6.40. The Bertz CT molecular complexity index is 476. The Labute approximate surface area is 121 Å². The average Bonchev–Trinajstić information content (AvgIpc) is 2.76. The first-order valence-corrected chi connectivity index (χ1v) is 7.92. The Morgan fingerprint density at radius 3 is 2.65 bits per heavy atom. The van der Waals surface area contributed by atoms with Gasteiger partial charge in [0.1, 0.15) is 0 Å². The van der Waals surface area contributed by atoms with Gasteiger partial charge in [-0.1, -0.05) is 43.9 Å². The number of hydrogen-bond donors (Lipinski definition) is 2. The number of benzene rings is 1. The van der Waals surface area contributed by atoms with E-state index in [0.29, 0.717) is 6.54 Å². The van der Waals surface area contributed by atoms with Crippen molar-refractivity contribution in [1.82, 2.24) is 10.6 Å². The van der Waals surface area contributed by atoms with Crippen LogP contribution in [0.3, 0.4) is 0 Å². The first-order chi connectivity index (χ1) is 9.83. The van der Waals surface area contributed by atoms with Gasteiger partial charge in [-0.05, 0) is 29.5 Å². The molecule has 0 radical (unpaired) electrons. The fourth-order valence-electron chi connectivity index (χ4n) is 3.33. The van der Waals surface area contributed by atoms with Crippen LogP contribution in [0.1, 0.15) is 55.2 Å². The number of amides is 1. The summed E-state index contributed by atoms with van der Waals surface area (Å²) < 4.78 is 0. The molecule has 3 nitrogen and oxygen atoms in total. The van der Waals surface area contributed by atoms with E-state index in [9.17, 15) is 4.79 Å². The van der Waals surface area contributed by atoms with Gasteiger partial charge >= 0.3 is 0 Å². The molecule has 2 aliphatic rings. The minimum Gasteiger partial charge on any atom is -0.352 e. The summed E-state index contributed by atoms with van der Waals surface area (Å²) in [5.41, 5.74) is 3.99. The van der Waals surface area contributed by atoms with Crippen molar-refractivity contribution in [3.05, 3.63) is 34.9 Å². The van der Waals surface area contributed by atoms with Gasteiger partial charge in [-0.25, -0.2) is 0 Å². The second-order valence-electron chi connectivity index (χ2n) is 6.11. The molecule has 1 aromatic carbocycles. The summed E-state index contributed by atoms with van der Waals surface area (Å²) in [7, 11) is 0. The standard InChI is InChI=1S/C17H24N2O/c20-17(14-5-3-1-2-4-6-14)19-10-13-7-8-15-11-18-12-16(15)9-13/h7-9,14,18H,1-6,10-12H2,(H,19,20). The van der Waals surface area contributed by atoms with E-state index in [1.807, 2.05) is 0 Å². The molecule has 3 rings (SSSR count). The molecule has 20 heavy (non-hydrogen) atoms. The Morgan fingerprint density at radius 2 is 1.85 bits per heavy atom. The molecule has 2 N–H and O–H groups in total. The van der Waals surface area contributed by atoms with Crippen molar-refractivity contribution in [3.63, 3.8) is 0 Å². The van der Waals surface area contributed by atoms with E-state index in [2.05, 4.69) is 28.8 Å². The third-order valence-corrected chi connectivity index (χ3v) is 4.59. The van der Waals surface area contributed by atoms with Gasteiger partial charge in [0, 0.05) is 25.6 Å². The van der Waals surface area contributed by atoms with Crippen molar-refractivity contribution in [2.45, 2.75) is 58.2 Å². The van der Waals surface area contributed by atoms with Crippen LogP contribution in [0.4, 0.5) is 0 Å². The number of fused-ring (bicyclic) bond motifs is 1. The molecule has 0 spiro atoms. The summed E-state index contributed by atoms with van der Waals surface area (Å²) >= 11 is 0. The van der Waals surface area contributed by atoms with Gasteiger partial charge in [-0.15, -0.1) is 0 Å². The first-order valence-electron chi connectivity index (χ1n) is 7.92. The van der Waals surface area contributed by atoms with E-state index in [0.717, 1.165) is 25.9 Å². The number of nitrogens with one attached hydrogen (secondary N) is 2. The van der Waals surface area contributed by atoms with Crippen LogP contribution in [-0.2, 0) is 24.4 Å². The summed E-state index contributed by atoms with van der Waals surface area (Å²) in [5.74, 6) is 0.499. The molecule has 1 heterocycles. The largest absolute Gasteiger partial charge is 0.352 e. The van der Waals surface area contributed by atoms with Crippen LogP contribution in [-0.4, -0.2) is 5.91 Å². The lowest BCUT2D eigenvalue weighted by molar-refractivity contribution is -0.125. The van der Waals surface area contributed by atoms with Crippen LogP contribution in [0.25, 0.3) is 0 Å². The predicted molar refractivity (Wildman–Crippen MR) is 80.0 cm³/mol. The summed E-state index contributed by atoms with van der Waals surface area (Å²) in [6, 6.07) is 6.55. The molecule has 1 saturated carbocycles. The van der Waals surface area contributed by atoms with E-state index < -0.39 is 0 Å². The van der Waals surface area contributed by atoms with Crippen LogP contribution >= 0.6 is 0 Å².